The summed E-state index contributed by atoms with van der Waals surface area (Å²) < 4.78 is 1.06. The molecule has 1 atom stereocenters. The van der Waals surface area contributed by atoms with E-state index in [-0.39, 0.29) is 11.9 Å². The summed E-state index contributed by atoms with van der Waals surface area (Å²) >= 11 is 3.45. The monoisotopic (exact) mass is 326 g/mol. The number of rotatable bonds is 7. The van der Waals surface area contributed by atoms with Crippen molar-refractivity contribution in [3.63, 3.8) is 0 Å². The van der Waals surface area contributed by atoms with Crippen molar-refractivity contribution >= 4 is 21.8 Å². The number of carbonyl (C=O) groups is 1. The lowest BCUT2D eigenvalue weighted by Crippen LogP contribution is -2.35. The van der Waals surface area contributed by atoms with Crippen LogP contribution in [0.5, 0.6) is 0 Å². The normalized spacial score (nSPS) is 12.5. The molecule has 0 saturated heterocycles. The Morgan fingerprint density at radius 2 is 2.05 bits per heavy atom. The molecule has 0 radical (unpaired) electrons. The third-order valence-electron chi connectivity index (χ3n) is 2.96. The van der Waals surface area contributed by atoms with Crippen molar-refractivity contribution < 1.29 is 4.79 Å². The van der Waals surface area contributed by atoms with Gasteiger partial charge in [-0.15, -0.1) is 0 Å². The standard InChI is InChI=1S/C15H23BrN2O/c1-11(2)7-8-17-15(19)10-18-12(3)13-5-4-6-14(16)9-13/h4-6,9,11-12,18H,7-8,10H2,1-3H3,(H,17,19)/t12-/m1/s1. The number of halogens is 1. The second-order valence-corrected chi connectivity index (χ2v) is 6.11. The van der Waals surface area contributed by atoms with Gasteiger partial charge in [0.15, 0.2) is 0 Å². The molecule has 0 unspecified atom stereocenters. The van der Waals surface area contributed by atoms with Gasteiger partial charge < -0.3 is 10.6 Å². The lowest BCUT2D eigenvalue weighted by Gasteiger charge is -2.14. The SMILES string of the molecule is CC(C)CCNC(=O)CN[C@H](C)c1cccc(Br)c1. The van der Waals surface area contributed by atoms with E-state index < -0.39 is 0 Å². The summed E-state index contributed by atoms with van der Waals surface area (Å²) in [5, 5.41) is 6.15. The van der Waals surface area contributed by atoms with E-state index in [1.165, 1.54) is 5.56 Å². The van der Waals surface area contributed by atoms with Gasteiger partial charge in [-0.3, -0.25) is 4.79 Å². The van der Waals surface area contributed by atoms with Crippen molar-refractivity contribution in [3.05, 3.63) is 34.3 Å². The first-order valence-corrected chi connectivity index (χ1v) is 7.54. The van der Waals surface area contributed by atoms with Crippen LogP contribution >= 0.6 is 15.9 Å². The first-order chi connectivity index (χ1) is 8.99. The van der Waals surface area contributed by atoms with E-state index in [2.05, 4.69) is 59.5 Å². The van der Waals surface area contributed by atoms with Gasteiger partial charge in [-0.1, -0.05) is 41.9 Å². The van der Waals surface area contributed by atoms with Crippen molar-refractivity contribution in [2.45, 2.75) is 33.2 Å². The maximum absolute atomic E-state index is 11.6. The molecule has 0 aliphatic carbocycles. The fourth-order valence-corrected chi connectivity index (χ4v) is 2.12. The van der Waals surface area contributed by atoms with Crippen LogP contribution in [0.15, 0.2) is 28.7 Å². The maximum Gasteiger partial charge on any atom is 0.233 e. The summed E-state index contributed by atoms with van der Waals surface area (Å²) in [6.45, 7) is 7.47. The predicted molar refractivity (Wildman–Crippen MR) is 83.0 cm³/mol. The van der Waals surface area contributed by atoms with Gasteiger partial charge in [-0.05, 0) is 37.0 Å². The molecule has 0 aliphatic heterocycles. The van der Waals surface area contributed by atoms with Crippen molar-refractivity contribution in [1.82, 2.24) is 10.6 Å². The first kappa shape index (κ1) is 16.2. The largest absolute Gasteiger partial charge is 0.355 e. The molecule has 0 aliphatic rings. The molecule has 3 nitrogen and oxygen atoms in total. The number of hydrogen-bond acceptors (Lipinski definition) is 2. The number of hydrogen-bond donors (Lipinski definition) is 2. The molecule has 1 aromatic rings. The van der Waals surface area contributed by atoms with Gasteiger partial charge in [0.1, 0.15) is 0 Å². The lowest BCUT2D eigenvalue weighted by atomic mass is 10.1. The third kappa shape index (κ3) is 6.73. The molecule has 2 N–H and O–H groups in total. The van der Waals surface area contributed by atoms with E-state index in [9.17, 15) is 4.79 Å². The Morgan fingerprint density at radius 3 is 2.68 bits per heavy atom. The van der Waals surface area contributed by atoms with E-state index in [1.54, 1.807) is 0 Å². The van der Waals surface area contributed by atoms with Gasteiger partial charge in [0.2, 0.25) is 5.91 Å². The van der Waals surface area contributed by atoms with Crippen LogP contribution in [-0.4, -0.2) is 19.0 Å². The smallest absolute Gasteiger partial charge is 0.233 e. The Morgan fingerprint density at radius 1 is 1.32 bits per heavy atom. The fraction of sp³-hybridized carbons (Fsp3) is 0.533. The molecule has 0 fully saturated rings. The minimum absolute atomic E-state index is 0.0579. The summed E-state index contributed by atoms with van der Waals surface area (Å²) in [4.78, 5) is 11.6. The molecule has 1 amide bonds. The van der Waals surface area contributed by atoms with Crippen LogP contribution in [0.2, 0.25) is 0 Å². The van der Waals surface area contributed by atoms with Gasteiger partial charge in [0, 0.05) is 17.1 Å². The highest BCUT2D eigenvalue weighted by atomic mass is 79.9. The third-order valence-corrected chi connectivity index (χ3v) is 3.45. The van der Waals surface area contributed by atoms with Gasteiger partial charge in [0.05, 0.1) is 6.54 Å². The fourth-order valence-electron chi connectivity index (χ4n) is 1.70. The van der Waals surface area contributed by atoms with E-state index in [4.69, 9.17) is 0 Å². The highest BCUT2D eigenvalue weighted by Gasteiger charge is 2.07. The van der Waals surface area contributed by atoms with Gasteiger partial charge in [0.25, 0.3) is 0 Å². The summed E-state index contributed by atoms with van der Waals surface area (Å²) in [5.74, 6) is 0.677. The van der Waals surface area contributed by atoms with Crippen LogP contribution in [-0.2, 0) is 4.79 Å². The van der Waals surface area contributed by atoms with E-state index in [1.807, 2.05) is 12.1 Å². The second-order valence-electron chi connectivity index (χ2n) is 5.19. The summed E-state index contributed by atoms with van der Waals surface area (Å²) in [5.41, 5.74) is 1.17. The van der Waals surface area contributed by atoms with Crippen LogP contribution in [0.1, 0.15) is 38.8 Å². The Balaban J connectivity index is 2.30. The molecule has 0 saturated carbocycles. The van der Waals surface area contributed by atoms with Crippen LogP contribution in [0.4, 0.5) is 0 Å². The quantitative estimate of drug-likeness (QED) is 0.807. The number of benzene rings is 1. The lowest BCUT2D eigenvalue weighted by molar-refractivity contribution is -0.120. The average Bonchev–Trinajstić information content (AvgIpc) is 2.35. The average molecular weight is 327 g/mol. The molecule has 106 valence electrons. The van der Waals surface area contributed by atoms with Gasteiger partial charge >= 0.3 is 0 Å². The van der Waals surface area contributed by atoms with Crippen molar-refractivity contribution in [3.8, 4) is 0 Å². The van der Waals surface area contributed by atoms with E-state index in [0.29, 0.717) is 12.5 Å². The van der Waals surface area contributed by atoms with Crippen LogP contribution < -0.4 is 10.6 Å². The highest BCUT2D eigenvalue weighted by Crippen LogP contribution is 2.17. The minimum atomic E-state index is 0.0579. The summed E-state index contributed by atoms with van der Waals surface area (Å²) in [6, 6.07) is 8.27. The maximum atomic E-state index is 11.6. The molecule has 0 bridgehead atoms. The van der Waals surface area contributed by atoms with Crippen LogP contribution in [0.25, 0.3) is 0 Å². The van der Waals surface area contributed by atoms with E-state index >= 15 is 0 Å². The minimum Gasteiger partial charge on any atom is -0.355 e. The molecule has 1 aromatic carbocycles. The summed E-state index contributed by atoms with van der Waals surface area (Å²) in [7, 11) is 0. The molecular formula is C15H23BrN2O. The zero-order valence-electron chi connectivity index (χ0n) is 11.9. The van der Waals surface area contributed by atoms with Gasteiger partial charge in [-0.25, -0.2) is 0 Å². The Labute approximate surface area is 124 Å². The molecule has 0 aromatic heterocycles. The zero-order valence-corrected chi connectivity index (χ0v) is 13.5. The van der Waals surface area contributed by atoms with Crippen molar-refractivity contribution in [1.29, 1.82) is 0 Å². The van der Waals surface area contributed by atoms with Crippen molar-refractivity contribution in [2.24, 2.45) is 5.92 Å². The number of amides is 1. The van der Waals surface area contributed by atoms with Crippen LogP contribution in [0, 0.1) is 5.92 Å². The molecular weight excluding hydrogens is 304 g/mol. The van der Waals surface area contributed by atoms with Crippen molar-refractivity contribution in [2.75, 3.05) is 13.1 Å². The zero-order chi connectivity index (χ0) is 14.3. The van der Waals surface area contributed by atoms with Crippen LogP contribution in [0.3, 0.4) is 0 Å². The molecule has 19 heavy (non-hydrogen) atoms. The number of carbonyl (C=O) groups excluding carboxylic acids is 1. The predicted octanol–water partition coefficient (Wildman–Crippen LogP) is 3.26. The number of nitrogens with one attached hydrogen (secondary N) is 2. The molecule has 1 rings (SSSR count). The molecule has 4 heteroatoms. The Bertz CT molecular complexity index is 407. The van der Waals surface area contributed by atoms with E-state index in [0.717, 1.165) is 17.4 Å². The first-order valence-electron chi connectivity index (χ1n) is 6.74. The Kier molecular flexibility index (Phi) is 7.10. The Hall–Kier alpha value is -0.870. The van der Waals surface area contributed by atoms with Gasteiger partial charge in [-0.2, -0.15) is 0 Å². The highest BCUT2D eigenvalue weighted by molar-refractivity contribution is 9.10. The molecule has 0 spiro atoms. The second kappa shape index (κ2) is 8.33. The topological polar surface area (TPSA) is 41.1 Å². The molecule has 0 heterocycles. The summed E-state index contributed by atoms with van der Waals surface area (Å²) in [6.07, 6.45) is 1.02.